The highest BCUT2D eigenvalue weighted by molar-refractivity contribution is 7.89. The highest BCUT2D eigenvalue weighted by atomic mass is 32.2. The van der Waals surface area contributed by atoms with Gasteiger partial charge in [0.2, 0.25) is 10.0 Å². The molecule has 0 amide bonds. The lowest BCUT2D eigenvalue weighted by Gasteiger charge is -2.10. The van der Waals surface area contributed by atoms with Crippen LogP contribution in [0.2, 0.25) is 0 Å². The van der Waals surface area contributed by atoms with E-state index in [4.69, 9.17) is 18.0 Å². The largest absolute Gasteiger partial charge is 0.388 e. The number of nitrogens with one attached hydrogen (secondary N) is 1. The molecular formula is C13H19N3O2S2. The summed E-state index contributed by atoms with van der Waals surface area (Å²) in [5.74, 6) is 0.660. The molecule has 20 heavy (non-hydrogen) atoms. The third kappa shape index (κ3) is 3.97. The molecule has 1 heterocycles. The molecule has 110 valence electrons. The van der Waals surface area contributed by atoms with Crippen molar-refractivity contribution in [1.82, 2.24) is 9.71 Å². The molecule has 3 N–H and O–H groups in total. The maximum Gasteiger partial charge on any atom is 0.242 e. The molecule has 1 fully saturated rings. The van der Waals surface area contributed by atoms with E-state index in [0.717, 1.165) is 6.42 Å². The second-order valence-electron chi connectivity index (χ2n) is 5.08. The quantitative estimate of drug-likeness (QED) is 0.779. The molecule has 0 unspecified atom stereocenters. The predicted molar refractivity (Wildman–Crippen MR) is 81.9 cm³/mol. The highest BCUT2D eigenvalue weighted by Gasteiger charge is 2.18. The summed E-state index contributed by atoms with van der Waals surface area (Å²) in [6.45, 7) is 0.476. The molecule has 0 bridgehead atoms. The van der Waals surface area contributed by atoms with Crippen molar-refractivity contribution >= 4 is 27.2 Å². The summed E-state index contributed by atoms with van der Waals surface area (Å²) >= 11 is 4.78. The minimum absolute atomic E-state index is 0.143. The summed E-state index contributed by atoms with van der Waals surface area (Å²) < 4.78 is 26.8. The van der Waals surface area contributed by atoms with Gasteiger partial charge >= 0.3 is 0 Å². The second kappa shape index (κ2) is 6.60. The molecule has 2 rings (SSSR count). The number of thiocarbonyl (C=S) groups is 1. The van der Waals surface area contributed by atoms with Crippen LogP contribution in [0.4, 0.5) is 0 Å². The van der Waals surface area contributed by atoms with Gasteiger partial charge in [-0.1, -0.05) is 37.9 Å². The lowest BCUT2D eigenvalue weighted by atomic mass is 10.1. The van der Waals surface area contributed by atoms with E-state index in [9.17, 15) is 8.42 Å². The molecule has 0 radical (unpaired) electrons. The number of rotatable bonds is 6. The van der Waals surface area contributed by atoms with Gasteiger partial charge in [-0.15, -0.1) is 0 Å². The first kappa shape index (κ1) is 15.3. The maximum atomic E-state index is 12.1. The summed E-state index contributed by atoms with van der Waals surface area (Å²) in [4.78, 5) is 4.24. The SMILES string of the molecule is NC(=S)c1ccc(S(=O)(=O)NCCC2CCCC2)cn1. The highest BCUT2D eigenvalue weighted by Crippen LogP contribution is 2.27. The first-order valence-electron chi connectivity index (χ1n) is 6.74. The molecule has 0 spiro atoms. The molecule has 7 heteroatoms. The van der Waals surface area contributed by atoms with E-state index >= 15 is 0 Å². The monoisotopic (exact) mass is 313 g/mol. The maximum absolute atomic E-state index is 12.1. The fraction of sp³-hybridized carbons (Fsp3) is 0.538. The first-order chi connectivity index (χ1) is 9.49. The van der Waals surface area contributed by atoms with Gasteiger partial charge in [-0.3, -0.25) is 4.98 Å². The van der Waals surface area contributed by atoms with Crippen molar-refractivity contribution in [2.24, 2.45) is 11.7 Å². The number of hydrogen-bond acceptors (Lipinski definition) is 4. The zero-order chi connectivity index (χ0) is 14.6. The van der Waals surface area contributed by atoms with Crippen molar-refractivity contribution in [2.45, 2.75) is 37.0 Å². The lowest BCUT2D eigenvalue weighted by Crippen LogP contribution is -2.26. The second-order valence-corrected chi connectivity index (χ2v) is 7.29. The van der Waals surface area contributed by atoms with E-state index in [1.165, 1.54) is 44.0 Å². The predicted octanol–water partition coefficient (Wildman–Crippen LogP) is 1.57. The van der Waals surface area contributed by atoms with Crippen LogP contribution in [-0.2, 0) is 10.0 Å². The van der Waals surface area contributed by atoms with Crippen LogP contribution in [0, 0.1) is 5.92 Å². The number of hydrogen-bond donors (Lipinski definition) is 2. The fourth-order valence-corrected chi connectivity index (χ4v) is 3.58. The van der Waals surface area contributed by atoms with Crippen LogP contribution in [-0.4, -0.2) is 24.9 Å². The normalized spacial score (nSPS) is 16.4. The Balaban J connectivity index is 1.93. The summed E-state index contributed by atoms with van der Waals surface area (Å²) in [6.07, 6.45) is 7.14. The van der Waals surface area contributed by atoms with Crippen LogP contribution < -0.4 is 10.5 Å². The number of nitrogens with zero attached hydrogens (tertiary/aromatic N) is 1. The van der Waals surface area contributed by atoms with Gasteiger partial charge in [0.05, 0.1) is 5.69 Å². The number of aromatic nitrogens is 1. The number of sulfonamides is 1. The van der Waals surface area contributed by atoms with E-state index in [-0.39, 0.29) is 9.88 Å². The van der Waals surface area contributed by atoms with E-state index in [2.05, 4.69) is 9.71 Å². The zero-order valence-electron chi connectivity index (χ0n) is 11.2. The van der Waals surface area contributed by atoms with Gasteiger partial charge in [-0.25, -0.2) is 13.1 Å². The van der Waals surface area contributed by atoms with Gasteiger partial charge < -0.3 is 5.73 Å². The van der Waals surface area contributed by atoms with Crippen molar-refractivity contribution in [1.29, 1.82) is 0 Å². The minimum Gasteiger partial charge on any atom is -0.388 e. The van der Waals surface area contributed by atoms with Gasteiger partial charge in [0.25, 0.3) is 0 Å². The van der Waals surface area contributed by atoms with Crippen molar-refractivity contribution in [3.63, 3.8) is 0 Å². The van der Waals surface area contributed by atoms with Gasteiger partial charge in [-0.05, 0) is 24.5 Å². The molecule has 1 aliphatic rings. The van der Waals surface area contributed by atoms with Crippen LogP contribution in [0.5, 0.6) is 0 Å². The van der Waals surface area contributed by atoms with Crippen molar-refractivity contribution < 1.29 is 8.42 Å². The first-order valence-corrected chi connectivity index (χ1v) is 8.64. The molecule has 1 aliphatic carbocycles. The van der Waals surface area contributed by atoms with Crippen molar-refractivity contribution in [2.75, 3.05) is 6.54 Å². The number of pyridine rings is 1. The van der Waals surface area contributed by atoms with E-state index in [1.807, 2.05) is 0 Å². The summed E-state index contributed by atoms with van der Waals surface area (Å²) in [6, 6.07) is 2.99. The minimum atomic E-state index is -3.49. The van der Waals surface area contributed by atoms with Gasteiger partial charge in [-0.2, -0.15) is 0 Å². The molecule has 0 saturated heterocycles. The Morgan fingerprint density at radius 2 is 2.10 bits per heavy atom. The van der Waals surface area contributed by atoms with Gasteiger partial charge in [0, 0.05) is 12.7 Å². The molecule has 0 aromatic carbocycles. The Labute approximate surface area is 125 Å². The Morgan fingerprint density at radius 3 is 2.65 bits per heavy atom. The van der Waals surface area contributed by atoms with Crippen LogP contribution in [0.1, 0.15) is 37.8 Å². The van der Waals surface area contributed by atoms with Crippen LogP contribution in [0.25, 0.3) is 0 Å². The molecule has 1 aromatic rings. The average Bonchev–Trinajstić information content (AvgIpc) is 2.92. The Morgan fingerprint density at radius 1 is 1.40 bits per heavy atom. The summed E-state index contributed by atoms with van der Waals surface area (Å²) in [5.41, 5.74) is 5.85. The van der Waals surface area contributed by atoms with E-state index < -0.39 is 10.0 Å². The van der Waals surface area contributed by atoms with Crippen molar-refractivity contribution in [3.8, 4) is 0 Å². The molecule has 0 atom stereocenters. The fourth-order valence-electron chi connectivity index (χ4n) is 2.46. The molecule has 1 saturated carbocycles. The number of nitrogens with two attached hydrogens (primary N) is 1. The third-order valence-corrected chi connectivity index (χ3v) is 5.27. The third-order valence-electron chi connectivity index (χ3n) is 3.62. The Kier molecular flexibility index (Phi) is 5.06. The lowest BCUT2D eigenvalue weighted by molar-refractivity contribution is 0.495. The average molecular weight is 313 g/mol. The van der Waals surface area contributed by atoms with Gasteiger partial charge in [0.15, 0.2) is 0 Å². The molecular weight excluding hydrogens is 294 g/mol. The topological polar surface area (TPSA) is 85.1 Å². The summed E-state index contributed by atoms with van der Waals surface area (Å²) in [7, 11) is -3.49. The van der Waals surface area contributed by atoms with Crippen molar-refractivity contribution in [3.05, 3.63) is 24.0 Å². The van der Waals surface area contributed by atoms with Gasteiger partial charge in [0.1, 0.15) is 9.88 Å². The van der Waals surface area contributed by atoms with E-state index in [1.54, 1.807) is 0 Å². The zero-order valence-corrected chi connectivity index (χ0v) is 12.8. The standard InChI is InChI=1S/C13H19N3O2S2/c14-13(19)12-6-5-11(9-15-12)20(17,18)16-8-7-10-3-1-2-4-10/h5-6,9-10,16H,1-4,7-8H2,(H2,14,19). The smallest absolute Gasteiger partial charge is 0.242 e. The van der Waals surface area contributed by atoms with E-state index in [0.29, 0.717) is 18.2 Å². The van der Waals surface area contributed by atoms with Crippen LogP contribution in [0.15, 0.2) is 23.2 Å². The molecule has 0 aliphatic heterocycles. The summed E-state index contributed by atoms with van der Waals surface area (Å²) in [5, 5.41) is 0. The Bertz CT molecular complexity index is 564. The molecule has 5 nitrogen and oxygen atoms in total. The van der Waals surface area contributed by atoms with Crippen LogP contribution in [0.3, 0.4) is 0 Å². The Hall–Kier alpha value is -1.05. The van der Waals surface area contributed by atoms with Crippen LogP contribution >= 0.6 is 12.2 Å². The molecule has 1 aromatic heterocycles.